The van der Waals surface area contributed by atoms with E-state index >= 15 is 0 Å². The molecule has 0 atom stereocenters. The van der Waals surface area contributed by atoms with Gasteiger partial charge in [0.25, 0.3) is 5.69 Å². The van der Waals surface area contributed by atoms with Crippen molar-refractivity contribution in [2.75, 3.05) is 13.7 Å². The summed E-state index contributed by atoms with van der Waals surface area (Å²) in [6, 6.07) is 4.29. The molecule has 0 fully saturated rings. The Balaban J connectivity index is 3.04. The number of methoxy groups -OCH3 is 1. The number of hydrogen-bond donors (Lipinski definition) is 0. The van der Waals surface area contributed by atoms with Crippen LogP contribution in [0.4, 0.5) is 5.69 Å². The maximum atomic E-state index is 11.1. The third-order valence-corrected chi connectivity index (χ3v) is 2.12. The highest BCUT2D eigenvalue weighted by atomic mass is 16.6. The minimum atomic E-state index is -0.547. The van der Waals surface area contributed by atoms with Crippen molar-refractivity contribution in [3.8, 4) is 5.75 Å². The lowest BCUT2D eigenvalue weighted by atomic mass is 10.1. The minimum absolute atomic E-state index is 0.101. The van der Waals surface area contributed by atoms with Gasteiger partial charge in [-0.1, -0.05) is 0 Å². The van der Waals surface area contributed by atoms with Crippen molar-refractivity contribution in [3.63, 3.8) is 0 Å². The molecule has 0 aliphatic carbocycles. The monoisotopic (exact) mass is 251 g/mol. The van der Waals surface area contributed by atoms with Gasteiger partial charge in [0, 0.05) is 12.1 Å². The van der Waals surface area contributed by atoms with Crippen molar-refractivity contribution >= 4 is 17.7 Å². The summed E-state index contributed by atoms with van der Waals surface area (Å²) in [6.45, 7) is 1.93. The van der Waals surface area contributed by atoms with E-state index in [1.54, 1.807) is 6.92 Å². The topological polar surface area (TPSA) is 78.7 Å². The number of carbonyl (C=O) groups is 1. The molecule has 0 unspecified atom stereocenters. The lowest BCUT2D eigenvalue weighted by Crippen LogP contribution is -1.99. The van der Waals surface area contributed by atoms with Crippen LogP contribution in [0.1, 0.15) is 12.5 Å². The summed E-state index contributed by atoms with van der Waals surface area (Å²) in [5, 5.41) is 10.8. The molecule has 6 nitrogen and oxygen atoms in total. The maximum absolute atomic E-state index is 11.1. The van der Waals surface area contributed by atoms with Crippen LogP contribution in [0.15, 0.2) is 24.3 Å². The molecule has 0 saturated heterocycles. The van der Waals surface area contributed by atoms with E-state index in [9.17, 15) is 14.9 Å². The second-order valence-electron chi connectivity index (χ2n) is 3.27. The van der Waals surface area contributed by atoms with Crippen LogP contribution in [-0.2, 0) is 9.53 Å². The van der Waals surface area contributed by atoms with Crippen LogP contribution in [0, 0.1) is 10.1 Å². The van der Waals surface area contributed by atoms with Crippen LogP contribution in [-0.4, -0.2) is 24.6 Å². The summed E-state index contributed by atoms with van der Waals surface area (Å²) in [4.78, 5) is 21.4. The Labute approximate surface area is 104 Å². The van der Waals surface area contributed by atoms with Crippen LogP contribution in [0.2, 0.25) is 0 Å². The molecular weight excluding hydrogens is 238 g/mol. The van der Waals surface area contributed by atoms with Gasteiger partial charge in [0.1, 0.15) is 5.75 Å². The second kappa shape index (κ2) is 6.39. The maximum Gasteiger partial charge on any atom is 0.330 e. The molecule has 0 saturated carbocycles. The van der Waals surface area contributed by atoms with Gasteiger partial charge in [-0.15, -0.1) is 0 Å². The molecule has 18 heavy (non-hydrogen) atoms. The predicted octanol–water partition coefficient (Wildman–Crippen LogP) is 2.18. The van der Waals surface area contributed by atoms with Gasteiger partial charge in [0.05, 0.1) is 24.2 Å². The van der Waals surface area contributed by atoms with Gasteiger partial charge in [-0.05, 0) is 25.1 Å². The number of rotatable bonds is 5. The number of carbonyl (C=O) groups excluding carboxylic acids is 1. The van der Waals surface area contributed by atoms with E-state index in [1.165, 1.54) is 31.4 Å². The summed E-state index contributed by atoms with van der Waals surface area (Å²) >= 11 is 0. The Bertz CT molecular complexity index is 481. The predicted molar refractivity (Wildman–Crippen MR) is 65.3 cm³/mol. The Morgan fingerprint density at radius 3 is 2.78 bits per heavy atom. The fraction of sp³-hybridized carbons (Fsp3) is 0.250. The fourth-order valence-electron chi connectivity index (χ4n) is 1.31. The van der Waals surface area contributed by atoms with Gasteiger partial charge < -0.3 is 9.47 Å². The normalized spacial score (nSPS) is 10.3. The third-order valence-electron chi connectivity index (χ3n) is 2.12. The highest BCUT2D eigenvalue weighted by Crippen LogP contribution is 2.25. The summed E-state index contributed by atoms with van der Waals surface area (Å²) in [7, 11) is 1.46. The number of nitro benzene ring substituents is 1. The quantitative estimate of drug-likeness (QED) is 0.347. The van der Waals surface area contributed by atoms with Crippen molar-refractivity contribution < 1.29 is 19.2 Å². The van der Waals surface area contributed by atoms with Gasteiger partial charge in [-0.3, -0.25) is 10.1 Å². The van der Waals surface area contributed by atoms with Crippen LogP contribution < -0.4 is 4.74 Å². The van der Waals surface area contributed by atoms with Gasteiger partial charge in [0.15, 0.2) is 0 Å². The first-order chi connectivity index (χ1) is 8.58. The molecule has 1 rings (SSSR count). The highest BCUT2D eigenvalue weighted by Gasteiger charge is 2.12. The number of hydrogen-bond acceptors (Lipinski definition) is 5. The smallest absolute Gasteiger partial charge is 0.330 e. The molecule has 1 aromatic carbocycles. The van der Waals surface area contributed by atoms with Crippen molar-refractivity contribution in [2.24, 2.45) is 0 Å². The molecule has 0 radical (unpaired) electrons. The van der Waals surface area contributed by atoms with Gasteiger partial charge in [-0.25, -0.2) is 4.79 Å². The number of ether oxygens (including phenoxy) is 2. The Hall–Kier alpha value is -2.37. The molecule has 0 bridgehead atoms. The average Bonchev–Trinajstić information content (AvgIpc) is 2.36. The fourth-order valence-corrected chi connectivity index (χ4v) is 1.31. The van der Waals surface area contributed by atoms with Crippen LogP contribution in [0.3, 0.4) is 0 Å². The number of benzene rings is 1. The van der Waals surface area contributed by atoms with Crippen LogP contribution in [0.25, 0.3) is 6.08 Å². The van der Waals surface area contributed by atoms with Gasteiger partial charge >= 0.3 is 5.97 Å². The lowest BCUT2D eigenvalue weighted by molar-refractivity contribution is -0.385. The standard InChI is InChI=1S/C12H13NO5/c1-3-18-12(14)7-4-9-8-10(17-2)5-6-11(9)13(15)16/h4-8H,3H2,1-2H3/b7-4+. The molecule has 0 amide bonds. The SMILES string of the molecule is CCOC(=O)/C=C/c1cc(OC)ccc1[N+](=O)[O-]. The number of nitro groups is 1. The molecule has 0 aliphatic heterocycles. The van der Waals surface area contributed by atoms with E-state index in [4.69, 9.17) is 9.47 Å². The summed E-state index contributed by atoms with van der Waals surface area (Å²) in [5.74, 6) is -0.0706. The van der Waals surface area contributed by atoms with Crippen LogP contribution in [0.5, 0.6) is 5.75 Å². The first kappa shape index (κ1) is 13.7. The summed E-state index contributed by atoms with van der Waals surface area (Å²) in [6.07, 6.45) is 2.48. The lowest BCUT2D eigenvalue weighted by Gasteiger charge is -2.02. The molecular formula is C12H13NO5. The molecule has 0 heterocycles. The van der Waals surface area contributed by atoms with E-state index in [2.05, 4.69) is 0 Å². The van der Waals surface area contributed by atoms with E-state index in [0.29, 0.717) is 5.75 Å². The van der Waals surface area contributed by atoms with Crippen LogP contribution >= 0.6 is 0 Å². The second-order valence-corrected chi connectivity index (χ2v) is 3.27. The molecule has 0 aromatic heterocycles. The number of nitrogens with zero attached hydrogens (tertiary/aromatic N) is 1. The van der Waals surface area contributed by atoms with Gasteiger partial charge in [0.2, 0.25) is 0 Å². The molecule has 1 aromatic rings. The zero-order chi connectivity index (χ0) is 13.5. The minimum Gasteiger partial charge on any atom is -0.497 e. The summed E-state index contributed by atoms with van der Waals surface area (Å²) < 4.78 is 9.66. The Morgan fingerprint density at radius 1 is 1.50 bits per heavy atom. The molecule has 6 heteroatoms. The molecule has 0 aliphatic rings. The first-order valence-corrected chi connectivity index (χ1v) is 5.25. The van der Waals surface area contributed by atoms with Crippen molar-refractivity contribution in [1.29, 1.82) is 0 Å². The van der Waals surface area contributed by atoms with E-state index in [-0.39, 0.29) is 17.9 Å². The first-order valence-electron chi connectivity index (χ1n) is 5.25. The molecule has 96 valence electrons. The van der Waals surface area contributed by atoms with Gasteiger partial charge in [-0.2, -0.15) is 0 Å². The zero-order valence-electron chi connectivity index (χ0n) is 10.1. The van der Waals surface area contributed by atoms with E-state index in [1.807, 2.05) is 0 Å². The van der Waals surface area contributed by atoms with Crippen molar-refractivity contribution in [2.45, 2.75) is 6.92 Å². The largest absolute Gasteiger partial charge is 0.497 e. The number of esters is 1. The van der Waals surface area contributed by atoms with E-state index in [0.717, 1.165) is 6.08 Å². The zero-order valence-corrected chi connectivity index (χ0v) is 10.1. The average molecular weight is 251 g/mol. The molecule has 0 N–H and O–H groups in total. The Kier molecular flexibility index (Phi) is 4.86. The third kappa shape index (κ3) is 3.58. The molecule has 0 spiro atoms. The van der Waals surface area contributed by atoms with E-state index < -0.39 is 10.9 Å². The Morgan fingerprint density at radius 2 is 2.22 bits per heavy atom. The van der Waals surface area contributed by atoms with Crippen molar-refractivity contribution in [1.82, 2.24) is 0 Å². The summed E-state index contributed by atoms with van der Waals surface area (Å²) in [5.41, 5.74) is 0.184. The van der Waals surface area contributed by atoms with Crippen molar-refractivity contribution in [3.05, 3.63) is 40.0 Å². The highest BCUT2D eigenvalue weighted by molar-refractivity contribution is 5.88.